The Hall–Kier alpha value is -1.84. The number of esters is 2. The molecular weight excluding hydrogens is 244 g/mol. The maximum atomic E-state index is 11.7. The van der Waals surface area contributed by atoms with Gasteiger partial charge in [0.1, 0.15) is 0 Å². The lowest BCUT2D eigenvalue weighted by atomic mass is 9.85. The summed E-state index contributed by atoms with van der Waals surface area (Å²) in [4.78, 5) is 23.3. The van der Waals surface area contributed by atoms with Gasteiger partial charge < -0.3 is 9.47 Å². The molecule has 0 aliphatic carbocycles. The molecule has 0 radical (unpaired) electrons. The van der Waals surface area contributed by atoms with Crippen molar-refractivity contribution in [3.8, 4) is 0 Å². The largest absolute Gasteiger partial charge is 0.468 e. The van der Waals surface area contributed by atoms with E-state index in [9.17, 15) is 9.59 Å². The van der Waals surface area contributed by atoms with Crippen LogP contribution < -0.4 is 0 Å². The number of hydrogen-bond acceptors (Lipinski definition) is 4. The summed E-state index contributed by atoms with van der Waals surface area (Å²) in [6.45, 7) is 6.29. The van der Waals surface area contributed by atoms with Gasteiger partial charge >= 0.3 is 11.9 Å². The fraction of sp³-hybridized carbons (Fsp3) is 0.467. The number of benzene rings is 1. The van der Waals surface area contributed by atoms with E-state index in [0.717, 1.165) is 5.56 Å². The number of ether oxygens (including phenoxy) is 2. The third-order valence-electron chi connectivity index (χ3n) is 2.98. The highest BCUT2D eigenvalue weighted by atomic mass is 16.5. The molecule has 4 nitrogen and oxygen atoms in total. The predicted octanol–water partition coefficient (Wildman–Crippen LogP) is 2.41. The Morgan fingerprint density at radius 1 is 0.947 bits per heavy atom. The average Bonchev–Trinajstić information content (AvgIpc) is 2.38. The number of carbonyl (C=O) groups excluding carboxylic acids is 2. The quantitative estimate of drug-likeness (QED) is 0.621. The van der Waals surface area contributed by atoms with Crippen LogP contribution in [-0.4, -0.2) is 26.2 Å². The highest BCUT2D eigenvalue weighted by Crippen LogP contribution is 2.25. The lowest BCUT2D eigenvalue weighted by Gasteiger charge is -2.20. The molecule has 0 fully saturated rings. The molecule has 0 saturated heterocycles. The zero-order chi connectivity index (χ0) is 14.6. The van der Waals surface area contributed by atoms with Crippen molar-refractivity contribution in [1.82, 2.24) is 0 Å². The molecule has 0 spiro atoms. The van der Waals surface area contributed by atoms with Crippen molar-refractivity contribution < 1.29 is 19.1 Å². The van der Waals surface area contributed by atoms with Crippen LogP contribution in [0.25, 0.3) is 0 Å². The Morgan fingerprint density at radius 3 is 1.68 bits per heavy atom. The van der Waals surface area contributed by atoms with Crippen molar-refractivity contribution in [3.05, 3.63) is 35.4 Å². The SMILES string of the molecule is COC(=O)C(C(=O)OC)c1ccc(C(C)(C)C)cc1. The molecule has 0 aromatic heterocycles. The first-order valence-electron chi connectivity index (χ1n) is 6.07. The van der Waals surface area contributed by atoms with Gasteiger partial charge in [-0.2, -0.15) is 0 Å². The maximum absolute atomic E-state index is 11.7. The molecule has 1 rings (SSSR count). The van der Waals surface area contributed by atoms with E-state index in [2.05, 4.69) is 30.2 Å². The van der Waals surface area contributed by atoms with Gasteiger partial charge in [-0.15, -0.1) is 0 Å². The van der Waals surface area contributed by atoms with Crippen LogP contribution in [0.5, 0.6) is 0 Å². The van der Waals surface area contributed by atoms with Crippen LogP contribution in [0.4, 0.5) is 0 Å². The molecule has 104 valence electrons. The van der Waals surface area contributed by atoms with Crippen LogP contribution >= 0.6 is 0 Å². The van der Waals surface area contributed by atoms with Crippen LogP contribution in [0, 0.1) is 0 Å². The Labute approximate surface area is 113 Å². The summed E-state index contributed by atoms with van der Waals surface area (Å²) in [5.41, 5.74) is 1.72. The summed E-state index contributed by atoms with van der Waals surface area (Å²) in [5, 5.41) is 0. The van der Waals surface area contributed by atoms with E-state index in [1.807, 2.05) is 12.1 Å². The zero-order valence-electron chi connectivity index (χ0n) is 12.0. The fourth-order valence-corrected chi connectivity index (χ4v) is 1.78. The second-order valence-electron chi connectivity index (χ2n) is 5.35. The highest BCUT2D eigenvalue weighted by molar-refractivity contribution is 6.00. The lowest BCUT2D eigenvalue weighted by molar-refractivity contribution is -0.154. The van der Waals surface area contributed by atoms with Crippen LogP contribution in [0.3, 0.4) is 0 Å². The minimum Gasteiger partial charge on any atom is -0.468 e. The number of rotatable bonds is 3. The van der Waals surface area contributed by atoms with Crippen molar-refractivity contribution in [1.29, 1.82) is 0 Å². The molecule has 0 bridgehead atoms. The van der Waals surface area contributed by atoms with Crippen molar-refractivity contribution in [3.63, 3.8) is 0 Å². The standard InChI is InChI=1S/C15H20O4/c1-15(2,3)11-8-6-10(7-9-11)12(13(16)18-4)14(17)19-5/h6-9,12H,1-5H3. The van der Waals surface area contributed by atoms with Crippen LogP contribution in [0.2, 0.25) is 0 Å². The Kier molecular flexibility index (Phi) is 4.70. The summed E-state index contributed by atoms with van der Waals surface area (Å²) in [6, 6.07) is 7.35. The predicted molar refractivity (Wildman–Crippen MR) is 71.9 cm³/mol. The third kappa shape index (κ3) is 3.56. The highest BCUT2D eigenvalue weighted by Gasteiger charge is 2.30. The van der Waals surface area contributed by atoms with Gasteiger partial charge in [0.2, 0.25) is 0 Å². The molecule has 0 N–H and O–H groups in total. The zero-order valence-corrected chi connectivity index (χ0v) is 12.0. The van der Waals surface area contributed by atoms with Crippen LogP contribution in [-0.2, 0) is 24.5 Å². The Balaban J connectivity index is 3.11. The minimum absolute atomic E-state index is 0.0184. The summed E-state index contributed by atoms with van der Waals surface area (Å²) in [7, 11) is 2.50. The Bertz CT molecular complexity index is 438. The number of methoxy groups -OCH3 is 2. The van der Waals surface area contributed by atoms with E-state index in [-0.39, 0.29) is 5.41 Å². The number of carbonyl (C=O) groups is 2. The van der Waals surface area contributed by atoms with Gasteiger partial charge in [-0.05, 0) is 16.5 Å². The molecular formula is C15H20O4. The summed E-state index contributed by atoms with van der Waals surface area (Å²) >= 11 is 0. The first-order chi connectivity index (χ1) is 8.81. The summed E-state index contributed by atoms with van der Waals surface area (Å²) in [5.74, 6) is -2.25. The monoisotopic (exact) mass is 264 g/mol. The molecule has 0 atom stereocenters. The van der Waals surface area contributed by atoms with Gasteiger partial charge in [0.05, 0.1) is 14.2 Å². The van der Waals surface area contributed by atoms with E-state index < -0.39 is 17.9 Å². The molecule has 0 aliphatic heterocycles. The first kappa shape index (κ1) is 15.2. The van der Waals surface area contributed by atoms with Gasteiger partial charge in [-0.3, -0.25) is 9.59 Å². The van der Waals surface area contributed by atoms with E-state index in [1.165, 1.54) is 14.2 Å². The molecule has 0 heterocycles. The van der Waals surface area contributed by atoms with E-state index in [1.54, 1.807) is 12.1 Å². The third-order valence-corrected chi connectivity index (χ3v) is 2.98. The minimum atomic E-state index is -1.02. The molecule has 0 saturated carbocycles. The van der Waals surface area contributed by atoms with Crippen molar-refractivity contribution >= 4 is 11.9 Å². The fourth-order valence-electron chi connectivity index (χ4n) is 1.78. The normalized spacial score (nSPS) is 11.3. The van der Waals surface area contributed by atoms with Gasteiger partial charge in [0, 0.05) is 0 Å². The van der Waals surface area contributed by atoms with Gasteiger partial charge in [0.15, 0.2) is 5.92 Å². The van der Waals surface area contributed by atoms with Gasteiger partial charge in [-0.25, -0.2) is 0 Å². The van der Waals surface area contributed by atoms with Gasteiger partial charge in [-0.1, -0.05) is 45.0 Å². The van der Waals surface area contributed by atoms with Gasteiger partial charge in [0.25, 0.3) is 0 Å². The Morgan fingerprint density at radius 2 is 1.37 bits per heavy atom. The van der Waals surface area contributed by atoms with Crippen LogP contribution in [0.15, 0.2) is 24.3 Å². The van der Waals surface area contributed by atoms with Crippen molar-refractivity contribution in [2.45, 2.75) is 32.1 Å². The van der Waals surface area contributed by atoms with Crippen molar-refractivity contribution in [2.24, 2.45) is 0 Å². The molecule has 0 amide bonds. The second-order valence-corrected chi connectivity index (χ2v) is 5.35. The first-order valence-corrected chi connectivity index (χ1v) is 6.07. The van der Waals surface area contributed by atoms with Crippen LogP contribution in [0.1, 0.15) is 37.8 Å². The smallest absolute Gasteiger partial charge is 0.324 e. The summed E-state index contributed by atoms with van der Waals surface area (Å²) in [6.07, 6.45) is 0. The second kappa shape index (κ2) is 5.87. The molecule has 0 unspecified atom stereocenters. The topological polar surface area (TPSA) is 52.6 Å². The van der Waals surface area contributed by atoms with E-state index in [4.69, 9.17) is 0 Å². The molecule has 1 aromatic carbocycles. The molecule has 19 heavy (non-hydrogen) atoms. The molecule has 4 heteroatoms. The van der Waals surface area contributed by atoms with Crippen molar-refractivity contribution in [2.75, 3.05) is 14.2 Å². The summed E-state index contributed by atoms with van der Waals surface area (Å²) < 4.78 is 9.29. The number of hydrogen-bond donors (Lipinski definition) is 0. The molecule has 0 aliphatic rings. The maximum Gasteiger partial charge on any atom is 0.324 e. The molecule has 1 aromatic rings. The van der Waals surface area contributed by atoms with E-state index in [0.29, 0.717) is 5.56 Å². The average molecular weight is 264 g/mol. The lowest BCUT2D eigenvalue weighted by Crippen LogP contribution is -2.24. The van der Waals surface area contributed by atoms with E-state index >= 15 is 0 Å².